The van der Waals surface area contributed by atoms with Gasteiger partial charge in [-0.1, -0.05) is 39.3 Å². The predicted molar refractivity (Wildman–Crippen MR) is 107 cm³/mol. The predicted octanol–water partition coefficient (Wildman–Crippen LogP) is 3.79. The van der Waals surface area contributed by atoms with Crippen molar-refractivity contribution in [2.75, 3.05) is 26.4 Å². The lowest BCUT2D eigenvalue weighted by Crippen LogP contribution is -2.54. The first kappa shape index (κ1) is 23.0. The van der Waals surface area contributed by atoms with Crippen LogP contribution >= 0.6 is 0 Å². The molecule has 1 heterocycles. The minimum Gasteiger partial charge on any atom is -0.379 e. The van der Waals surface area contributed by atoms with Crippen LogP contribution in [0.25, 0.3) is 0 Å². The summed E-state index contributed by atoms with van der Waals surface area (Å²) in [4.78, 5) is 12.6. The third-order valence-corrected chi connectivity index (χ3v) is 7.43. The smallest absolute Gasteiger partial charge is 0.195 e. The van der Waals surface area contributed by atoms with Crippen molar-refractivity contribution in [2.24, 2.45) is 0 Å². The van der Waals surface area contributed by atoms with E-state index in [1.54, 1.807) is 0 Å². The van der Waals surface area contributed by atoms with Crippen LogP contribution in [-0.2, 0) is 23.7 Å². The maximum Gasteiger partial charge on any atom is 0.195 e. The van der Waals surface area contributed by atoms with Gasteiger partial charge in [-0.3, -0.25) is 4.79 Å². The number of hydrogen-bond donors (Lipinski definition) is 0. The van der Waals surface area contributed by atoms with E-state index in [0.29, 0.717) is 26.4 Å². The third kappa shape index (κ3) is 10.0. The van der Waals surface area contributed by atoms with Gasteiger partial charge in [0.15, 0.2) is 11.6 Å². The SMILES string of the molecule is CC1(C)O[C@@H](COCC[Si](C)(C)C)C(=O)[C@H](COCC[Si](C)(C)C)O1. The fraction of sp³-hybridized carbons (Fsp3) is 0.944. The van der Waals surface area contributed by atoms with Gasteiger partial charge in [0, 0.05) is 29.4 Å². The molecule has 1 aliphatic rings. The third-order valence-electron chi connectivity index (χ3n) is 4.02. The average Bonchev–Trinajstić information content (AvgIpc) is 2.41. The van der Waals surface area contributed by atoms with Crippen molar-refractivity contribution in [3.05, 3.63) is 0 Å². The molecule has 5 nitrogen and oxygen atoms in total. The maximum atomic E-state index is 12.6. The molecule has 25 heavy (non-hydrogen) atoms. The molecule has 0 N–H and O–H groups in total. The molecular weight excluding hydrogens is 352 g/mol. The van der Waals surface area contributed by atoms with Gasteiger partial charge in [0.05, 0.1) is 13.2 Å². The van der Waals surface area contributed by atoms with E-state index >= 15 is 0 Å². The number of ketones is 1. The second-order valence-corrected chi connectivity index (χ2v) is 21.0. The number of hydrogen-bond acceptors (Lipinski definition) is 5. The van der Waals surface area contributed by atoms with E-state index < -0.39 is 34.1 Å². The van der Waals surface area contributed by atoms with Gasteiger partial charge in [-0.15, -0.1) is 0 Å². The van der Waals surface area contributed by atoms with Crippen molar-refractivity contribution in [2.45, 2.75) is 83.2 Å². The fourth-order valence-corrected chi connectivity index (χ4v) is 3.92. The lowest BCUT2D eigenvalue weighted by molar-refractivity contribution is -0.289. The van der Waals surface area contributed by atoms with E-state index in [-0.39, 0.29) is 5.78 Å². The summed E-state index contributed by atoms with van der Waals surface area (Å²) in [5.74, 6) is -0.867. The molecule has 0 unspecified atom stereocenters. The van der Waals surface area contributed by atoms with Crippen LogP contribution < -0.4 is 0 Å². The Labute approximate surface area is 155 Å². The molecule has 1 rings (SSSR count). The van der Waals surface area contributed by atoms with Gasteiger partial charge in [-0.25, -0.2) is 0 Å². The molecule has 0 amide bonds. The zero-order valence-electron chi connectivity index (χ0n) is 17.4. The van der Waals surface area contributed by atoms with E-state index in [1.807, 2.05) is 13.8 Å². The number of rotatable bonds is 10. The average molecular weight is 391 g/mol. The van der Waals surface area contributed by atoms with Crippen molar-refractivity contribution in [3.63, 3.8) is 0 Å². The molecule has 2 atom stereocenters. The summed E-state index contributed by atoms with van der Waals surface area (Å²) in [6, 6.07) is 2.16. The van der Waals surface area contributed by atoms with Gasteiger partial charge in [-0.2, -0.15) is 0 Å². The lowest BCUT2D eigenvalue weighted by atomic mass is 10.1. The van der Waals surface area contributed by atoms with Gasteiger partial charge in [0.2, 0.25) is 0 Å². The fourth-order valence-electron chi connectivity index (χ4n) is 2.41. The van der Waals surface area contributed by atoms with Crippen LogP contribution in [0.1, 0.15) is 13.8 Å². The van der Waals surface area contributed by atoms with Gasteiger partial charge in [-0.05, 0) is 25.9 Å². The Kier molecular flexibility index (Phi) is 8.49. The highest BCUT2D eigenvalue weighted by Gasteiger charge is 2.42. The highest BCUT2D eigenvalue weighted by atomic mass is 28.3. The summed E-state index contributed by atoms with van der Waals surface area (Å²) in [6.45, 7) is 19.5. The Morgan fingerprint density at radius 3 is 1.52 bits per heavy atom. The number of carbonyl (C=O) groups is 1. The molecule has 0 aromatic rings. The van der Waals surface area contributed by atoms with Crippen LogP contribution in [0.2, 0.25) is 51.4 Å². The summed E-state index contributed by atoms with van der Waals surface area (Å²) in [5, 5.41) is 0. The monoisotopic (exact) mass is 390 g/mol. The topological polar surface area (TPSA) is 54.0 Å². The Balaban J connectivity index is 2.47. The second kappa shape index (κ2) is 9.24. The zero-order chi connectivity index (χ0) is 19.3. The number of carbonyl (C=O) groups excluding carboxylic acids is 1. The normalized spacial score (nSPS) is 24.6. The molecule has 0 spiro atoms. The zero-order valence-corrected chi connectivity index (χ0v) is 19.4. The largest absolute Gasteiger partial charge is 0.379 e. The van der Waals surface area contributed by atoms with E-state index in [4.69, 9.17) is 18.9 Å². The molecule has 0 bridgehead atoms. The molecular formula is C18H38O5Si2. The number of Topliss-reactive ketones (excluding diaryl/α,β-unsaturated/α-hetero) is 1. The first-order chi connectivity index (χ1) is 11.3. The number of ether oxygens (including phenoxy) is 4. The Morgan fingerprint density at radius 2 is 1.20 bits per heavy atom. The van der Waals surface area contributed by atoms with Crippen molar-refractivity contribution in [3.8, 4) is 0 Å². The van der Waals surface area contributed by atoms with Crippen LogP contribution in [0.3, 0.4) is 0 Å². The van der Waals surface area contributed by atoms with E-state index in [0.717, 1.165) is 12.1 Å². The molecule has 1 fully saturated rings. The van der Waals surface area contributed by atoms with Crippen molar-refractivity contribution in [1.29, 1.82) is 0 Å². The van der Waals surface area contributed by atoms with E-state index in [2.05, 4.69) is 39.3 Å². The van der Waals surface area contributed by atoms with Gasteiger partial charge in [0.1, 0.15) is 12.2 Å². The van der Waals surface area contributed by atoms with Gasteiger partial charge in [0.25, 0.3) is 0 Å². The Hall–Kier alpha value is -0.0562. The molecule has 1 saturated heterocycles. The van der Waals surface area contributed by atoms with Crippen LogP contribution in [0.4, 0.5) is 0 Å². The highest BCUT2D eigenvalue weighted by Crippen LogP contribution is 2.25. The molecule has 0 aliphatic carbocycles. The minimum absolute atomic E-state index is 0.0691. The van der Waals surface area contributed by atoms with Crippen LogP contribution in [0, 0.1) is 0 Å². The molecule has 1 aliphatic heterocycles. The van der Waals surface area contributed by atoms with Crippen LogP contribution in [0.15, 0.2) is 0 Å². The van der Waals surface area contributed by atoms with Crippen molar-refractivity contribution in [1.82, 2.24) is 0 Å². The molecule has 0 radical (unpaired) electrons. The molecule has 0 aromatic carbocycles. The van der Waals surface area contributed by atoms with Crippen LogP contribution in [0.5, 0.6) is 0 Å². The second-order valence-electron chi connectivity index (χ2n) is 9.79. The van der Waals surface area contributed by atoms with Crippen molar-refractivity contribution >= 4 is 21.9 Å². The summed E-state index contributed by atoms with van der Waals surface area (Å²) in [5.41, 5.74) is 0. The first-order valence-corrected chi connectivity index (χ1v) is 16.8. The summed E-state index contributed by atoms with van der Waals surface area (Å²) in [6.07, 6.45) is -1.15. The minimum atomic E-state index is -1.13. The van der Waals surface area contributed by atoms with Crippen molar-refractivity contribution < 1.29 is 23.7 Å². The first-order valence-electron chi connectivity index (χ1n) is 9.34. The van der Waals surface area contributed by atoms with Crippen LogP contribution in [-0.4, -0.2) is 66.4 Å². The molecule has 0 saturated carbocycles. The maximum absolute atomic E-state index is 12.6. The standard InChI is InChI=1S/C18H38O5Si2/c1-18(2)22-15(13-20-9-11-24(3,4)5)17(19)16(23-18)14-21-10-12-25(6,7)8/h15-16H,9-14H2,1-8H3/t15-,16-/m0/s1. The highest BCUT2D eigenvalue weighted by molar-refractivity contribution is 6.76. The van der Waals surface area contributed by atoms with E-state index in [1.165, 1.54) is 0 Å². The Morgan fingerprint density at radius 1 is 0.840 bits per heavy atom. The summed E-state index contributed by atoms with van der Waals surface area (Å²) >= 11 is 0. The molecule has 0 aromatic heterocycles. The van der Waals surface area contributed by atoms with E-state index in [9.17, 15) is 4.79 Å². The van der Waals surface area contributed by atoms with Gasteiger partial charge >= 0.3 is 0 Å². The molecule has 148 valence electrons. The quantitative estimate of drug-likeness (QED) is 0.420. The molecule has 7 heteroatoms. The van der Waals surface area contributed by atoms with Gasteiger partial charge < -0.3 is 18.9 Å². The lowest BCUT2D eigenvalue weighted by Gasteiger charge is -2.39. The summed E-state index contributed by atoms with van der Waals surface area (Å²) < 4.78 is 23.0. The summed E-state index contributed by atoms with van der Waals surface area (Å²) in [7, 11) is -2.26. The Bertz CT molecular complexity index is 390.